The zero-order chi connectivity index (χ0) is 24.5. The van der Waals surface area contributed by atoms with Gasteiger partial charge in [0.2, 0.25) is 11.8 Å². The molecule has 0 bridgehead atoms. The lowest BCUT2D eigenvalue weighted by atomic mass is 10.0. The molecule has 0 saturated heterocycles. The molecule has 1 atom stereocenters. The number of pyridine rings is 1. The first-order chi connectivity index (χ1) is 16.4. The van der Waals surface area contributed by atoms with Crippen molar-refractivity contribution in [2.24, 2.45) is 5.73 Å². The first kappa shape index (κ1) is 24.2. The predicted molar refractivity (Wildman–Crippen MR) is 131 cm³/mol. The van der Waals surface area contributed by atoms with E-state index < -0.39 is 11.9 Å². The number of nitrogens with zero attached hydrogens (tertiary/aromatic N) is 3. The molecule has 0 spiro atoms. The van der Waals surface area contributed by atoms with E-state index in [1.807, 2.05) is 18.2 Å². The number of aryl methyl sites for hydroxylation is 1. The van der Waals surface area contributed by atoms with Crippen LogP contribution in [0.15, 0.2) is 86.2 Å². The van der Waals surface area contributed by atoms with Crippen LogP contribution in [0.4, 0.5) is 0 Å². The number of aromatic nitrogens is 3. The minimum absolute atomic E-state index is 0.121. The summed E-state index contributed by atoms with van der Waals surface area (Å²) in [5, 5.41) is 16.7. The predicted octanol–water partition coefficient (Wildman–Crippen LogP) is 3.01. The summed E-state index contributed by atoms with van der Waals surface area (Å²) in [6.07, 6.45) is 9.34. The molecule has 0 aliphatic rings. The fraction of sp³-hybridized carbons (Fsp3) is 0.154. The van der Waals surface area contributed by atoms with Crippen LogP contribution in [0, 0.1) is 0 Å². The van der Waals surface area contributed by atoms with Crippen molar-refractivity contribution in [3.63, 3.8) is 0 Å². The van der Waals surface area contributed by atoms with E-state index in [4.69, 9.17) is 5.73 Å². The molecule has 0 aliphatic carbocycles. The smallest absolute Gasteiger partial charge is 0.240 e. The van der Waals surface area contributed by atoms with Gasteiger partial charge in [-0.05, 0) is 42.0 Å². The second-order valence-electron chi connectivity index (χ2n) is 7.65. The van der Waals surface area contributed by atoms with Gasteiger partial charge in [0, 0.05) is 37.2 Å². The maximum absolute atomic E-state index is 12.6. The Kier molecular flexibility index (Phi) is 8.12. The van der Waals surface area contributed by atoms with Crippen LogP contribution < -0.4 is 11.1 Å². The molecule has 2 amide bonds. The van der Waals surface area contributed by atoms with Crippen molar-refractivity contribution in [3.8, 4) is 17.0 Å². The van der Waals surface area contributed by atoms with Gasteiger partial charge in [-0.3, -0.25) is 14.6 Å². The Hall–Kier alpha value is -4.46. The van der Waals surface area contributed by atoms with Gasteiger partial charge in [-0.15, -0.1) is 0 Å². The number of allylic oxidation sites excluding steroid dienone is 4. The average Bonchev–Trinajstić information content (AvgIpc) is 3.27. The van der Waals surface area contributed by atoms with E-state index in [0.29, 0.717) is 17.8 Å². The molecule has 4 N–H and O–H groups in total. The number of phenols is 1. The maximum atomic E-state index is 12.6. The molecule has 1 aromatic carbocycles. The van der Waals surface area contributed by atoms with E-state index in [1.54, 1.807) is 47.4 Å². The third-order valence-electron chi connectivity index (χ3n) is 5.08. The molecule has 3 aromatic rings. The summed E-state index contributed by atoms with van der Waals surface area (Å²) in [5.74, 6) is -0.823. The molecule has 174 valence electrons. The Morgan fingerprint density at radius 3 is 2.65 bits per heavy atom. The number of carbonyl (C=O) groups excluding carboxylic acids is 2. The maximum Gasteiger partial charge on any atom is 0.240 e. The highest BCUT2D eigenvalue weighted by atomic mass is 16.3. The second kappa shape index (κ2) is 11.4. The summed E-state index contributed by atoms with van der Waals surface area (Å²) in [7, 11) is 0. The number of primary amides is 1. The van der Waals surface area contributed by atoms with Gasteiger partial charge in [-0.2, -0.15) is 5.10 Å². The molecular weight excluding hydrogens is 430 g/mol. The summed E-state index contributed by atoms with van der Waals surface area (Å²) in [5.41, 5.74) is 9.24. The van der Waals surface area contributed by atoms with Crippen LogP contribution in [-0.4, -0.2) is 37.7 Å². The van der Waals surface area contributed by atoms with Gasteiger partial charge in [-0.1, -0.05) is 37.4 Å². The average molecular weight is 458 g/mol. The zero-order valence-electron chi connectivity index (χ0n) is 18.7. The largest absolute Gasteiger partial charge is 0.508 e. The molecule has 8 nitrogen and oxygen atoms in total. The van der Waals surface area contributed by atoms with Gasteiger partial charge in [0.1, 0.15) is 11.8 Å². The number of benzene rings is 1. The fourth-order valence-electron chi connectivity index (χ4n) is 3.34. The summed E-state index contributed by atoms with van der Waals surface area (Å²) < 4.78 is 1.70. The van der Waals surface area contributed by atoms with Gasteiger partial charge in [0.05, 0.1) is 17.1 Å². The van der Waals surface area contributed by atoms with E-state index in [-0.39, 0.29) is 24.5 Å². The Bertz CT molecular complexity index is 1200. The first-order valence-electron chi connectivity index (χ1n) is 10.7. The number of aromatic hydroxyl groups is 1. The normalized spacial score (nSPS) is 11.8. The molecule has 0 unspecified atom stereocenters. The van der Waals surface area contributed by atoms with E-state index in [0.717, 1.165) is 16.8 Å². The lowest BCUT2D eigenvalue weighted by Gasteiger charge is -2.15. The highest BCUT2D eigenvalue weighted by Crippen LogP contribution is 2.23. The highest BCUT2D eigenvalue weighted by Gasteiger charge is 2.19. The summed E-state index contributed by atoms with van der Waals surface area (Å²) >= 11 is 0. The number of hydrogen-bond donors (Lipinski definition) is 3. The number of phenolic OH excluding ortho intramolecular Hbond substituents is 1. The molecule has 0 radical (unpaired) electrons. The van der Waals surface area contributed by atoms with Crippen LogP contribution in [0.25, 0.3) is 17.0 Å². The van der Waals surface area contributed by atoms with Gasteiger partial charge in [0.15, 0.2) is 0 Å². The van der Waals surface area contributed by atoms with Crippen molar-refractivity contribution >= 4 is 17.5 Å². The van der Waals surface area contributed by atoms with Crippen LogP contribution in [0.2, 0.25) is 0 Å². The number of amides is 2. The number of hydrogen-bond acceptors (Lipinski definition) is 5. The summed E-state index contributed by atoms with van der Waals surface area (Å²) in [6, 6.07) is 11.2. The lowest BCUT2D eigenvalue weighted by Crippen LogP contribution is -2.45. The Morgan fingerprint density at radius 2 is 2.00 bits per heavy atom. The number of nitrogens with two attached hydrogens (primary N) is 1. The van der Waals surface area contributed by atoms with Gasteiger partial charge in [-0.25, -0.2) is 4.68 Å². The van der Waals surface area contributed by atoms with Crippen molar-refractivity contribution in [1.82, 2.24) is 20.1 Å². The molecule has 34 heavy (non-hydrogen) atoms. The molecule has 3 rings (SSSR count). The topological polar surface area (TPSA) is 123 Å². The molecule has 2 aromatic heterocycles. The summed E-state index contributed by atoms with van der Waals surface area (Å²) in [6.45, 7) is 7.73. The van der Waals surface area contributed by atoms with Crippen molar-refractivity contribution < 1.29 is 14.7 Å². The SMILES string of the molecule is C=C/C=C\C(=C)n1nc(CCC(=O)N[C@@H](Cc2ccc(O)cc2)C(N)=O)cc1-c1cccnc1. The Labute approximate surface area is 198 Å². The van der Waals surface area contributed by atoms with Gasteiger partial charge in [0.25, 0.3) is 0 Å². The zero-order valence-corrected chi connectivity index (χ0v) is 18.7. The molecule has 8 heteroatoms. The Morgan fingerprint density at radius 1 is 1.24 bits per heavy atom. The quantitative estimate of drug-likeness (QED) is 0.382. The van der Waals surface area contributed by atoms with Crippen LogP contribution >= 0.6 is 0 Å². The highest BCUT2D eigenvalue weighted by molar-refractivity contribution is 5.86. The minimum Gasteiger partial charge on any atom is -0.508 e. The monoisotopic (exact) mass is 457 g/mol. The van der Waals surface area contributed by atoms with Crippen molar-refractivity contribution in [2.45, 2.75) is 25.3 Å². The van der Waals surface area contributed by atoms with Crippen LogP contribution in [0.3, 0.4) is 0 Å². The molecule has 0 fully saturated rings. The van der Waals surface area contributed by atoms with E-state index in [2.05, 4.69) is 28.6 Å². The van der Waals surface area contributed by atoms with E-state index in [9.17, 15) is 14.7 Å². The molecular formula is C26H27N5O3. The first-order valence-corrected chi connectivity index (χ1v) is 10.7. The van der Waals surface area contributed by atoms with Gasteiger partial charge >= 0.3 is 0 Å². The third-order valence-corrected chi connectivity index (χ3v) is 5.08. The second-order valence-corrected chi connectivity index (χ2v) is 7.65. The lowest BCUT2D eigenvalue weighted by molar-refractivity contribution is -0.127. The van der Waals surface area contributed by atoms with Crippen LogP contribution in [0.5, 0.6) is 5.75 Å². The number of rotatable bonds is 11. The third kappa shape index (κ3) is 6.52. The fourth-order valence-corrected chi connectivity index (χ4v) is 3.34. The number of nitrogens with one attached hydrogen (secondary N) is 1. The minimum atomic E-state index is -0.857. The van der Waals surface area contributed by atoms with Crippen molar-refractivity contribution in [1.29, 1.82) is 0 Å². The van der Waals surface area contributed by atoms with Crippen molar-refractivity contribution in [3.05, 3.63) is 97.5 Å². The van der Waals surface area contributed by atoms with E-state index in [1.165, 1.54) is 12.1 Å². The molecule has 2 heterocycles. The summed E-state index contributed by atoms with van der Waals surface area (Å²) in [4.78, 5) is 28.6. The molecule has 0 saturated carbocycles. The molecule has 0 aliphatic heterocycles. The van der Waals surface area contributed by atoms with Gasteiger partial charge < -0.3 is 16.2 Å². The van der Waals surface area contributed by atoms with Crippen LogP contribution in [0.1, 0.15) is 17.7 Å². The number of carbonyl (C=O) groups is 2. The van der Waals surface area contributed by atoms with Crippen molar-refractivity contribution in [2.75, 3.05) is 0 Å². The van der Waals surface area contributed by atoms with E-state index >= 15 is 0 Å². The van der Waals surface area contributed by atoms with Crippen LogP contribution in [-0.2, 0) is 22.4 Å². The Balaban J connectivity index is 1.70. The standard InChI is InChI=1S/C26H27N5O3/c1-3-4-6-18(2)31-24(20-7-5-14-28-17-20)16-21(30-31)10-13-25(33)29-23(26(27)34)15-19-8-11-22(32)12-9-19/h3-9,11-12,14,16-17,23,32H,1-2,10,13,15H2,(H2,27,34)(H,29,33)/b6-4-/t23-/m0/s1.